The number of benzene rings is 2. The van der Waals surface area contributed by atoms with Crippen LogP contribution in [0.25, 0.3) is 11.8 Å². The van der Waals surface area contributed by atoms with Gasteiger partial charge < -0.3 is 4.74 Å². The molecule has 0 unspecified atom stereocenters. The standard InChI is InChI=1S/C30H27BrNO3S2/c1-3-35-26(33)20-25-27(32-17-15-21(2)16-18-32)30(36-19-7-10-22-8-5-4-6-9-22)37-29(25)28(34)23-11-13-24(31)14-12-23/h4-18H,3,19-20H2,1-2H3/q+1/b10-7+. The van der Waals surface area contributed by atoms with Gasteiger partial charge in [0, 0.05) is 27.9 Å². The fourth-order valence-electron chi connectivity index (χ4n) is 3.75. The molecule has 2 aromatic carbocycles. The first-order valence-electron chi connectivity index (χ1n) is 11.9. The van der Waals surface area contributed by atoms with E-state index in [1.807, 2.05) is 66.3 Å². The van der Waals surface area contributed by atoms with Gasteiger partial charge in [-0.05, 0) is 49.2 Å². The van der Waals surface area contributed by atoms with Gasteiger partial charge in [0.05, 0.1) is 23.5 Å². The molecule has 2 heterocycles. The highest BCUT2D eigenvalue weighted by atomic mass is 79.9. The van der Waals surface area contributed by atoms with E-state index in [0.29, 0.717) is 16.0 Å². The quantitative estimate of drug-likeness (QED) is 0.0842. The van der Waals surface area contributed by atoms with Crippen molar-refractivity contribution in [2.75, 3.05) is 12.4 Å². The summed E-state index contributed by atoms with van der Waals surface area (Å²) in [5.41, 5.74) is 4.40. The number of nitrogens with zero attached hydrogens (tertiary/aromatic N) is 1. The number of hydrogen-bond acceptors (Lipinski definition) is 5. The Hall–Kier alpha value is -3.00. The Labute approximate surface area is 234 Å². The number of rotatable bonds is 10. The number of hydrogen-bond donors (Lipinski definition) is 0. The molecule has 0 spiro atoms. The molecule has 2 aromatic heterocycles. The van der Waals surface area contributed by atoms with Crippen molar-refractivity contribution in [1.82, 2.24) is 0 Å². The predicted molar refractivity (Wildman–Crippen MR) is 155 cm³/mol. The van der Waals surface area contributed by atoms with Crippen molar-refractivity contribution in [3.05, 3.63) is 117 Å². The molecule has 0 N–H and O–H groups in total. The lowest BCUT2D eigenvalue weighted by Crippen LogP contribution is -2.31. The summed E-state index contributed by atoms with van der Waals surface area (Å²) in [5, 5.41) is 0. The minimum Gasteiger partial charge on any atom is -0.466 e. The van der Waals surface area contributed by atoms with Gasteiger partial charge in [-0.25, -0.2) is 0 Å². The molecule has 4 aromatic rings. The van der Waals surface area contributed by atoms with E-state index in [9.17, 15) is 9.59 Å². The summed E-state index contributed by atoms with van der Waals surface area (Å²) in [6.45, 7) is 4.11. The molecular weight excluding hydrogens is 566 g/mol. The molecule has 0 amide bonds. The van der Waals surface area contributed by atoms with Crippen LogP contribution in [0.1, 0.15) is 38.8 Å². The number of pyridine rings is 1. The zero-order chi connectivity index (χ0) is 26.2. The maximum atomic E-state index is 13.7. The van der Waals surface area contributed by atoms with Crippen molar-refractivity contribution in [3.63, 3.8) is 0 Å². The van der Waals surface area contributed by atoms with Gasteiger partial charge in [-0.2, -0.15) is 4.57 Å². The average Bonchev–Trinajstić information content (AvgIpc) is 3.25. The lowest BCUT2D eigenvalue weighted by atomic mass is 10.0. The third-order valence-corrected chi connectivity index (χ3v) is 8.52. The third-order valence-electron chi connectivity index (χ3n) is 5.56. The second-order valence-electron chi connectivity index (χ2n) is 8.27. The molecule has 4 rings (SSSR count). The Morgan fingerprint density at radius 3 is 2.41 bits per heavy atom. The van der Waals surface area contributed by atoms with Crippen LogP contribution in [0, 0.1) is 6.92 Å². The summed E-state index contributed by atoms with van der Waals surface area (Å²) in [6, 6.07) is 21.5. The molecule has 0 saturated carbocycles. The van der Waals surface area contributed by atoms with Gasteiger partial charge in [-0.1, -0.05) is 58.4 Å². The highest BCUT2D eigenvalue weighted by Crippen LogP contribution is 2.38. The molecule has 0 fully saturated rings. The number of halogens is 1. The maximum Gasteiger partial charge on any atom is 0.310 e. The fourth-order valence-corrected chi connectivity index (χ4v) is 6.43. The normalized spacial score (nSPS) is 11.1. The minimum absolute atomic E-state index is 0.0264. The maximum absolute atomic E-state index is 13.7. The number of ketones is 1. The van der Waals surface area contributed by atoms with E-state index in [4.69, 9.17) is 4.74 Å². The summed E-state index contributed by atoms with van der Waals surface area (Å²) < 4.78 is 9.17. The second-order valence-corrected chi connectivity index (χ2v) is 11.5. The summed E-state index contributed by atoms with van der Waals surface area (Å²) in [4.78, 5) is 26.9. The van der Waals surface area contributed by atoms with Crippen molar-refractivity contribution in [2.45, 2.75) is 24.5 Å². The van der Waals surface area contributed by atoms with Crippen molar-refractivity contribution in [2.24, 2.45) is 0 Å². The summed E-state index contributed by atoms with van der Waals surface area (Å²) >= 11 is 6.53. The largest absolute Gasteiger partial charge is 0.466 e. The lowest BCUT2D eigenvalue weighted by molar-refractivity contribution is -0.598. The number of ether oxygens (including phenoxy) is 1. The highest BCUT2D eigenvalue weighted by molar-refractivity contribution is 9.10. The van der Waals surface area contributed by atoms with Crippen LogP contribution in [0.3, 0.4) is 0 Å². The molecule has 0 aliphatic carbocycles. The van der Waals surface area contributed by atoms with Crippen LogP contribution in [0.2, 0.25) is 0 Å². The monoisotopic (exact) mass is 592 g/mol. The first-order chi connectivity index (χ1) is 18.0. The van der Waals surface area contributed by atoms with Gasteiger partial charge in [-0.15, -0.1) is 23.1 Å². The molecule has 0 saturated heterocycles. The van der Waals surface area contributed by atoms with Crippen LogP contribution in [0.5, 0.6) is 0 Å². The number of carbonyl (C=O) groups excluding carboxylic acids is 2. The average molecular weight is 594 g/mol. The molecular formula is C30H27BrNO3S2+. The number of thioether (sulfide) groups is 1. The third kappa shape index (κ3) is 7.06. The van der Waals surface area contributed by atoms with Crippen molar-refractivity contribution < 1.29 is 18.9 Å². The molecule has 0 aliphatic rings. The number of esters is 1. The fraction of sp³-hybridized carbons (Fsp3) is 0.167. The van der Waals surface area contributed by atoms with Crippen LogP contribution in [0.4, 0.5) is 0 Å². The Balaban J connectivity index is 1.77. The first-order valence-corrected chi connectivity index (χ1v) is 14.5. The Bertz CT molecular complexity index is 1400. The van der Waals surface area contributed by atoms with E-state index < -0.39 is 0 Å². The molecule has 0 atom stereocenters. The highest BCUT2D eigenvalue weighted by Gasteiger charge is 2.31. The SMILES string of the molecule is CCOC(=O)Cc1c(C(=O)c2ccc(Br)cc2)sc(SC/C=C/c2ccccc2)c1-[n+]1ccc(C)cc1. The van der Waals surface area contributed by atoms with Gasteiger partial charge in [-0.3, -0.25) is 9.59 Å². The predicted octanol–water partition coefficient (Wildman–Crippen LogP) is 7.24. The Kier molecular flexibility index (Phi) is 9.50. The van der Waals surface area contributed by atoms with E-state index >= 15 is 0 Å². The second kappa shape index (κ2) is 13.0. The molecule has 0 aliphatic heterocycles. The molecule has 4 nitrogen and oxygen atoms in total. The Morgan fingerprint density at radius 1 is 1.03 bits per heavy atom. The number of aryl methyl sites for hydroxylation is 1. The van der Waals surface area contributed by atoms with Gasteiger partial charge >= 0.3 is 5.97 Å². The van der Waals surface area contributed by atoms with Crippen LogP contribution in [0.15, 0.2) is 93.9 Å². The molecule has 0 bridgehead atoms. The van der Waals surface area contributed by atoms with E-state index in [1.165, 1.54) is 11.3 Å². The Morgan fingerprint density at radius 2 is 1.73 bits per heavy atom. The molecule has 188 valence electrons. The topological polar surface area (TPSA) is 47.3 Å². The number of aromatic nitrogens is 1. The first kappa shape index (κ1) is 27.0. The lowest BCUT2D eigenvalue weighted by Gasteiger charge is -2.06. The van der Waals surface area contributed by atoms with E-state index in [2.05, 4.69) is 40.2 Å². The van der Waals surface area contributed by atoms with Crippen molar-refractivity contribution in [3.8, 4) is 5.69 Å². The van der Waals surface area contributed by atoms with Crippen LogP contribution < -0.4 is 4.57 Å². The zero-order valence-corrected chi connectivity index (χ0v) is 23.9. The number of carbonyl (C=O) groups is 2. The summed E-state index contributed by atoms with van der Waals surface area (Å²) in [7, 11) is 0. The summed E-state index contributed by atoms with van der Waals surface area (Å²) in [5.74, 6) is 0.275. The molecule has 37 heavy (non-hydrogen) atoms. The van der Waals surface area contributed by atoms with Crippen LogP contribution >= 0.6 is 39.0 Å². The zero-order valence-electron chi connectivity index (χ0n) is 20.6. The van der Waals surface area contributed by atoms with Crippen LogP contribution in [-0.2, 0) is 16.0 Å². The van der Waals surface area contributed by atoms with Crippen LogP contribution in [-0.4, -0.2) is 24.1 Å². The van der Waals surface area contributed by atoms with Gasteiger partial charge in [0.1, 0.15) is 4.21 Å². The summed E-state index contributed by atoms with van der Waals surface area (Å²) in [6.07, 6.45) is 8.18. The van der Waals surface area contributed by atoms with Gasteiger partial charge in [0.2, 0.25) is 11.5 Å². The van der Waals surface area contributed by atoms with E-state index in [0.717, 1.165) is 31.2 Å². The molecule has 0 radical (unpaired) electrons. The van der Waals surface area contributed by atoms with E-state index in [1.54, 1.807) is 30.8 Å². The van der Waals surface area contributed by atoms with E-state index in [-0.39, 0.29) is 24.8 Å². The van der Waals surface area contributed by atoms with Crippen molar-refractivity contribution >= 4 is 56.9 Å². The van der Waals surface area contributed by atoms with Crippen molar-refractivity contribution in [1.29, 1.82) is 0 Å². The minimum atomic E-state index is -0.348. The van der Waals surface area contributed by atoms with Gasteiger partial charge in [0.15, 0.2) is 12.4 Å². The molecule has 7 heteroatoms. The van der Waals surface area contributed by atoms with Gasteiger partial charge in [0.25, 0.3) is 0 Å². The number of thiophene rings is 1. The smallest absolute Gasteiger partial charge is 0.310 e.